The van der Waals surface area contributed by atoms with Crippen LogP contribution in [0, 0.1) is 5.92 Å². The summed E-state index contributed by atoms with van der Waals surface area (Å²) in [5.74, 6) is -2.52. The normalized spacial score (nSPS) is 17.0. The molecule has 0 saturated heterocycles. The van der Waals surface area contributed by atoms with Gasteiger partial charge in [0, 0.05) is 22.2 Å². The molecule has 2 aliphatic rings. The molecule has 6 rings (SSSR count). The van der Waals surface area contributed by atoms with Crippen molar-refractivity contribution < 1.29 is 29.0 Å². The minimum atomic E-state index is -1.94. The molecule has 1 amide bonds. The average molecular weight is 727 g/mol. The third-order valence-corrected chi connectivity index (χ3v) is 9.79. The number of hydrogen-bond donors (Lipinski definition) is 5. The molecule has 0 saturated carbocycles. The number of unbranched alkanes of at least 4 members (excludes halogenated alkanes) is 1. The molecule has 0 bridgehead atoms. The number of pyridine rings is 2. The van der Waals surface area contributed by atoms with Gasteiger partial charge in [-0.1, -0.05) is 39.0 Å². The molecule has 0 aliphatic carbocycles. The summed E-state index contributed by atoms with van der Waals surface area (Å²) >= 11 is 5.48. The molecule has 0 unspecified atom stereocenters. The van der Waals surface area contributed by atoms with Crippen molar-refractivity contribution in [3.05, 3.63) is 87.7 Å². The third kappa shape index (κ3) is 7.08. The standard InChI is InChI=1S/C38H42N6O7S/c1-4-38(27-18-30-32-23(17-22-9-5-6-10-28(22)41-32)19-44(30)34(47)26(27)20-50-36(38)49)51-35(48)31(21(2)3)43-33(46)29(11-7-8-16-39)42-37(52)40-24-12-14-25(45)15-13-24/h5-6,9-10,12-15,17-18,21,29,31,45H,4,7-8,11,16,19-20,39H2,1-3H3,(H,43,46)(H2,40,42,52)/t29-,31-,38-/m0/s1. The van der Waals surface area contributed by atoms with E-state index in [9.17, 15) is 24.3 Å². The van der Waals surface area contributed by atoms with Crippen LogP contribution >= 0.6 is 12.2 Å². The first-order chi connectivity index (χ1) is 24.9. The molecule has 52 heavy (non-hydrogen) atoms. The molecular formula is C38H42N6O7S. The molecule has 2 aromatic heterocycles. The van der Waals surface area contributed by atoms with Gasteiger partial charge >= 0.3 is 11.9 Å². The number of phenolic OH excluding ortho intramolecular Hbond substituents is 1. The van der Waals surface area contributed by atoms with Crippen molar-refractivity contribution in [1.82, 2.24) is 20.2 Å². The first kappa shape index (κ1) is 36.5. The first-order valence-electron chi connectivity index (χ1n) is 17.4. The highest BCUT2D eigenvalue weighted by Gasteiger charge is 2.51. The number of carbonyl (C=O) groups excluding carboxylic acids is 3. The van der Waals surface area contributed by atoms with Crippen molar-refractivity contribution >= 4 is 51.8 Å². The fraction of sp³-hybridized carbons (Fsp3) is 0.368. The van der Waals surface area contributed by atoms with E-state index in [4.69, 9.17) is 32.4 Å². The first-order valence-corrected chi connectivity index (χ1v) is 17.8. The summed E-state index contributed by atoms with van der Waals surface area (Å²) in [5, 5.41) is 19.5. The van der Waals surface area contributed by atoms with Gasteiger partial charge in [-0.2, -0.15) is 0 Å². The van der Waals surface area contributed by atoms with Crippen LogP contribution in [-0.2, 0) is 42.6 Å². The van der Waals surface area contributed by atoms with E-state index in [1.54, 1.807) is 43.5 Å². The second-order valence-corrected chi connectivity index (χ2v) is 13.8. The molecule has 6 N–H and O–H groups in total. The molecule has 2 aromatic carbocycles. The third-order valence-electron chi connectivity index (χ3n) is 9.57. The maximum atomic E-state index is 14.1. The van der Waals surface area contributed by atoms with E-state index in [-0.39, 0.29) is 40.6 Å². The fourth-order valence-corrected chi connectivity index (χ4v) is 6.96. The van der Waals surface area contributed by atoms with E-state index < -0.39 is 41.4 Å². The number of nitrogens with one attached hydrogen (secondary N) is 3. The lowest BCUT2D eigenvalue weighted by molar-refractivity contribution is -0.191. The van der Waals surface area contributed by atoms with Crippen molar-refractivity contribution in [3.63, 3.8) is 0 Å². The summed E-state index contributed by atoms with van der Waals surface area (Å²) < 4.78 is 13.2. The van der Waals surface area contributed by atoms with Gasteiger partial charge in [0.25, 0.3) is 5.56 Å². The van der Waals surface area contributed by atoms with Crippen molar-refractivity contribution in [2.75, 3.05) is 11.9 Å². The van der Waals surface area contributed by atoms with Crippen LogP contribution in [0.5, 0.6) is 5.75 Å². The van der Waals surface area contributed by atoms with E-state index in [0.29, 0.717) is 49.4 Å². The summed E-state index contributed by atoms with van der Waals surface area (Å²) in [6.45, 7) is 5.65. The molecule has 4 aromatic rings. The van der Waals surface area contributed by atoms with Gasteiger partial charge < -0.3 is 40.8 Å². The van der Waals surface area contributed by atoms with Gasteiger partial charge in [-0.25, -0.2) is 14.6 Å². The maximum absolute atomic E-state index is 14.1. The Morgan fingerprint density at radius 3 is 2.56 bits per heavy atom. The van der Waals surface area contributed by atoms with Crippen LogP contribution in [0.3, 0.4) is 0 Å². The second kappa shape index (κ2) is 15.1. The number of para-hydroxylation sites is 1. The number of cyclic esters (lactones) is 1. The van der Waals surface area contributed by atoms with E-state index in [1.165, 1.54) is 12.1 Å². The molecular weight excluding hydrogens is 685 g/mol. The molecule has 2 aliphatic heterocycles. The minimum Gasteiger partial charge on any atom is -0.508 e. The fourth-order valence-electron chi connectivity index (χ4n) is 6.70. The largest absolute Gasteiger partial charge is 0.508 e. The Hall–Kier alpha value is -5.34. The second-order valence-electron chi connectivity index (χ2n) is 13.4. The van der Waals surface area contributed by atoms with E-state index in [2.05, 4.69) is 16.0 Å². The van der Waals surface area contributed by atoms with Crippen molar-refractivity contribution in [1.29, 1.82) is 0 Å². The smallest absolute Gasteiger partial charge is 0.355 e. The maximum Gasteiger partial charge on any atom is 0.355 e. The van der Waals surface area contributed by atoms with Crippen LogP contribution in [0.25, 0.3) is 22.3 Å². The molecule has 13 nitrogen and oxygen atoms in total. The number of nitrogens with zero attached hydrogens (tertiary/aromatic N) is 2. The zero-order chi connectivity index (χ0) is 37.2. The lowest BCUT2D eigenvalue weighted by atomic mass is 9.85. The number of ether oxygens (including phenoxy) is 2. The number of benzene rings is 2. The lowest BCUT2D eigenvalue weighted by Gasteiger charge is -2.37. The summed E-state index contributed by atoms with van der Waals surface area (Å²) in [6.07, 6.45) is 1.61. The van der Waals surface area contributed by atoms with Gasteiger partial charge in [-0.15, -0.1) is 0 Å². The number of thiocarbonyl (C=S) groups is 1. The summed E-state index contributed by atoms with van der Waals surface area (Å²) in [7, 11) is 0. The molecule has 3 atom stereocenters. The number of rotatable bonds is 12. The van der Waals surface area contributed by atoms with Gasteiger partial charge in [0.05, 0.1) is 29.0 Å². The number of anilines is 1. The molecule has 4 heterocycles. The quantitative estimate of drug-likeness (QED) is 0.0540. The number of nitrogens with two attached hydrogens (primary N) is 1. The van der Waals surface area contributed by atoms with Gasteiger partial charge in [0.2, 0.25) is 11.5 Å². The number of aromatic hydroxyl groups is 1. The van der Waals surface area contributed by atoms with Gasteiger partial charge in [-0.3, -0.25) is 9.59 Å². The zero-order valence-electron chi connectivity index (χ0n) is 29.2. The Balaban J connectivity index is 1.27. The average Bonchev–Trinajstić information content (AvgIpc) is 3.48. The Morgan fingerprint density at radius 1 is 1.10 bits per heavy atom. The Kier molecular flexibility index (Phi) is 10.6. The van der Waals surface area contributed by atoms with Gasteiger partial charge in [0.1, 0.15) is 24.4 Å². The lowest BCUT2D eigenvalue weighted by Crippen LogP contribution is -2.56. The highest BCUT2D eigenvalue weighted by molar-refractivity contribution is 7.80. The molecule has 14 heteroatoms. The van der Waals surface area contributed by atoms with E-state index in [1.807, 2.05) is 30.3 Å². The van der Waals surface area contributed by atoms with Crippen molar-refractivity contribution in [2.45, 2.75) is 77.3 Å². The molecule has 0 spiro atoms. The number of phenols is 1. The van der Waals surface area contributed by atoms with Crippen molar-refractivity contribution in [2.24, 2.45) is 11.7 Å². The number of hydrogen-bond acceptors (Lipinski definition) is 10. The molecule has 0 radical (unpaired) electrons. The monoisotopic (exact) mass is 726 g/mol. The number of carbonyl (C=O) groups is 3. The van der Waals surface area contributed by atoms with Crippen LogP contribution in [0.1, 0.15) is 63.1 Å². The molecule has 0 fully saturated rings. The number of esters is 2. The SMILES string of the molecule is CC[C@@]1(OC(=O)[C@@H](NC(=O)[C@H](CCCCN)NC(=S)Nc2ccc(O)cc2)C(C)C)C(=O)OCc2c1cc1n(c2=O)Cc2cc3ccccc3nc2-1. The zero-order valence-corrected chi connectivity index (χ0v) is 30.0. The number of aromatic nitrogens is 2. The highest BCUT2D eigenvalue weighted by atomic mass is 32.1. The Morgan fingerprint density at radius 2 is 1.85 bits per heavy atom. The molecule has 272 valence electrons. The highest BCUT2D eigenvalue weighted by Crippen LogP contribution is 2.41. The topological polar surface area (TPSA) is 187 Å². The summed E-state index contributed by atoms with van der Waals surface area (Å²) in [6, 6.07) is 15.6. The Bertz CT molecular complexity index is 2100. The van der Waals surface area contributed by atoms with Gasteiger partial charge in [-0.05, 0) is 92.8 Å². The van der Waals surface area contributed by atoms with Crippen LogP contribution < -0.4 is 27.2 Å². The minimum absolute atomic E-state index is 0.0231. The summed E-state index contributed by atoms with van der Waals surface area (Å²) in [4.78, 5) is 60.4. The number of amides is 1. The van der Waals surface area contributed by atoms with E-state index in [0.717, 1.165) is 16.5 Å². The predicted octanol–water partition coefficient (Wildman–Crippen LogP) is 3.96. The van der Waals surface area contributed by atoms with E-state index >= 15 is 0 Å². The van der Waals surface area contributed by atoms with Crippen molar-refractivity contribution in [3.8, 4) is 17.1 Å². The van der Waals surface area contributed by atoms with Gasteiger partial charge in [0.15, 0.2) is 5.11 Å². The van der Waals surface area contributed by atoms with Crippen LogP contribution in [0.15, 0.2) is 65.5 Å². The Labute approximate surface area is 305 Å². The van der Waals surface area contributed by atoms with Crippen LogP contribution in [0.2, 0.25) is 0 Å². The van der Waals surface area contributed by atoms with Crippen LogP contribution in [0.4, 0.5) is 5.69 Å². The van der Waals surface area contributed by atoms with Crippen LogP contribution in [-0.4, -0.2) is 56.2 Å². The number of fused-ring (bicyclic) bond motifs is 5. The predicted molar refractivity (Wildman–Crippen MR) is 199 cm³/mol. The summed E-state index contributed by atoms with van der Waals surface area (Å²) in [5.41, 5.74) is 7.24.